The molecule has 1 saturated heterocycles. The number of nitrogens with zero attached hydrogens (tertiary/aromatic N) is 5. The molecule has 2 aromatic heterocycles. The Labute approximate surface area is 199 Å². The van der Waals surface area contributed by atoms with Crippen molar-refractivity contribution in [2.75, 3.05) is 18.4 Å². The molecule has 164 valence electrons. The molecule has 0 amide bonds. The summed E-state index contributed by atoms with van der Waals surface area (Å²) in [6, 6.07) is 13.3. The lowest BCUT2D eigenvalue weighted by Crippen LogP contribution is -2.31. The smallest absolute Gasteiger partial charge is 0.221 e. The minimum Gasteiger partial charge on any atom is -0.493 e. The third kappa shape index (κ3) is 4.33. The van der Waals surface area contributed by atoms with Crippen LogP contribution < -0.4 is 5.32 Å². The normalized spacial score (nSPS) is 15.2. The number of piperidine rings is 1. The van der Waals surface area contributed by atoms with Gasteiger partial charge in [0.25, 0.3) is 0 Å². The molecular formula is C22H21ClN6OS2. The third-order valence-corrected chi connectivity index (χ3v) is 6.87. The number of thiocarbonyl (C=S) groups is 1. The van der Waals surface area contributed by atoms with Crippen LogP contribution in [0.25, 0.3) is 21.1 Å². The Hall–Kier alpha value is -2.59. The Morgan fingerprint density at radius 2 is 2.00 bits per heavy atom. The first-order chi connectivity index (χ1) is 15.6. The minimum absolute atomic E-state index is 0.0953. The third-order valence-electron chi connectivity index (χ3n) is 5.51. The maximum absolute atomic E-state index is 11.0. The van der Waals surface area contributed by atoms with Crippen LogP contribution in [0.4, 0.5) is 10.8 Å². The van der Waals surface area contributed by atoms with E-state index in [1.165, 1.54) is 30.6 Å². The van der Waals surface area contributed by atoms with Gasteiger partial charge in [0.1, 0.15) is 0 Å². The number of nitrogens with one attached hydrogen (secondary N) is 1. The Morgan fingerprint density at radius 1 is 1.19 bits per heavy atom. The van der Waals surface area contributed by atoms with E-state index in [1.54, 1.807) is 6.07 Å². The number of azo groups is 1. The zero-order chi connectivity index (χ0) is 22.1. The fraction of sp³-hybridized carbons (Fsp3) is 0.273. The molecule has 0 saturated carbocycles. The topological polar surface area (TPSA) is 78.0 Å². The van der Waals surface area contributed by atoms with E-state index in [9.17, 15) is 5.11 Å². The van der Waals surface area contributed by atoms with E-state index in [4.69, 9.17) is 23.8 Å². The second-order valence-electron chi connectivity index (χ2n) is 7.70. The maximum Gasteiger partial charge on any atom is 0.221 e. The molecule has 0 bridgehead atoms. The Bertz CT molecular complexity index is 1320. The second-order valence-corrected chi connectivity index (χ2v) is 9.55. The summed E-state index contributed by atoms with van der Waals surface area (Å²) in [7, 11) is 0. The van der Waals surface area contributed by atoms with Gasteiger partial charge >= 0.3 is 0 Å². The SMILES string of the molecule is Oc1c(N=NC(=S)Nc2nc3ccc(Cl)cc3s2)c2ccccc2n1CN1CCCCC1. The standard InChI is InChI=1S/C22H21ClN6OS2/c23-14-8-9-16-18(12-14)32-22(24-16)25-21(31)27-26-19-15-6-2-3-7-17(15)29(20(19)30)13-28-10-4-1-5-11-28/h2-3,6-9,12,30H,1,4-5,10-11,13H2,(H,24,25,31). The van der Waals surface area contributed by atoms with Crippen molar-refractivity contribution in [3.8, 4) is 5.88 Å². The first kappa shape index (κ1) is 21.3. The van der Waals surface area contributed by atoms with E-state index >= 15 is 0 Å². The molecule has 0 unspecified atom stereocenters. The van der Waals surface area contributed by atoms with Crippen LogP contribution in [0.1, 0.15) is 19.3 Å². The zero-order valence-corrected chi connectivity index (χ0v) is 19.6. The van der Waals surface area contributed by atoms with Crippen molar-refractivity contribution < 1.29 is 5.11 Å². The second kappa shape index (κ2) is 9.11. The van der Waals surface area contributed by atoms with Gasteiger partial charge in [-0.15, -0.1) is 10.2 Å². The fourth-order valence-electron chi connectivity index (χ4n) is 3.98. The fourth-order valence-corrected chi connectivity index (χ4v) is 5.32. The molecule has 1 fully saturated rings. The first-order valence-electron chi connectivity index (χ1n) is 10.4. The molecule has 0 aliphatic carbocycles. The number of aromatic nitrogens is 2. The van der Waals surface area contributed by atoms with Crippen LogP contribution in [-0.2, 0) is 6.67 Å². The van der Waals surface area contributed by atoms with Crippen LogP contribution in [0, 0.1) is 0 Å². The van der Waals surface area contributed by atoms with Crippen molar-refractivity contribution in [3.05, 3.63) is 47.5 Å². The largest absolute Gasteiger partial charge is 0.493 e. The monoisotopic (exact) mass is 484 g/mol. The van der Waals surface area contributed by atoms with Crippen molar-refractivity contribution in [2.45, 2.75) is 25.9 Å². The van der Waals surface area contributed by atoms with Gasteiger partial charge in [0.2, 0.25) is 11.0 Å². The van der Waals surface area contributed by atoms with Crippen LogP contribution in [0.3, 0.4) is 0 Å². The average molecular weight is 485 g/mol. The summed E-state index contributed by atoms with van der Waals surface area (Å²) in [5, 5.41) is 24.7. The molecule has 10 heteroatoms. The zero-order valence-electron chi connectivity index (χ0n) is 17.2. The van der Waals surface area contributed by atoms with Crippen molar-refractivity contribution in [1.29, 1.82) is 0 Å². The Kier molecular flexibility index (Phi) is 6.05. The van der Waals surface area contributed by atoms with Crippen molar-refractivity contribution in [2.24, 2.45) is 10.2 Å². The van der Waals surface area contributed by atoms with Gasteiger partial charge in [-0.05, 0) is 62.4 Å². The van der Waals surface area contributed by atoms with Gasteiger partial charge in [-0.1, -0.05) is 47.6 Å². The number of aromatic hydroxyl groups is 1. The van der Waals surface area contributed by atoms with Gasteiger partial charge in [-0.25, -0.2) is 4.98 Å². The van der Waals surface area contributed by atoms with Gasteiger partial charge in [-0.2, -0.15) is 0 Å². The number of hydrogen-bond donors (Lipinski definition) is 2. The van der Waals surface area contributed by atoms with E-state index in [-0.39, 0.29) is 11.0 Å². The quantitative estimate of drug-likeness (QED) is 0.254. The molecular weight excluding hydrogens is 464 g/mol. The first-order valence-corrected chi connectivity index (χ1v) is 12.0. The summed E-state index contributed by atoms with van der Waals surface area (Å²) in [5.74, 6) is 0.0953. The van der Waals surface area contributed by atoms with Crippen LogP contribution in [0.5, 0.6) is 5.88 Å². The summed E-state index contributed by atoms with van der Waals surface area (Å²) < 4.78 is 2.85. The predicted molar refractivity (Wildman–Crippen MR) is 134 cm³/mol. The summed E-state index contributed by atoms with van der Waals surface area (Å²) in [6.07, 6.45) is 3.63. The Morgan fingerprint density at radius 3 is 2.84 bits per heavy atom. The molecule has 5 rings (SSSR count). The predicted octanol–water partition coefficient (Wildman–Crippen LogP) is 6.53. The van der Waals surface area contributed by atoms with Gasteiger partial charge in [0, 0.05) is 10.4 Å². The van der Waals surface area contributed by atoms with Crippen LogP contribution in [0.15, 0.2) is 52.7 Å². The van der Waals surface area contributed by atoms with Crippen molar-refractivity contribution >= 4 is 72.2 Å². The molecule has 2 N–H and O–H groups in total. The number of benzene rings is 2. The minimum atomic E-state index is 0.0953. The van der Waals surface area contributed by atoms with E-state index in [2.05, 4.69) is 25.4 Å². The molecule has 4 aromatic rings. The number of halogens is 1. The van der Waals surface area contributed by atoms with Crippen molar-refractivity contribution in [1.82, 2.24) is 14.5 Å². The molecule has 1 aliphatic heterocycles. The van der Waals surface area contributed by atoms with Crippen LogP contribution >= 0.6 is 35.2 Å². The van der Waals surface area contributed by atoms with Crippen LogP contribution in [0.2, 0.25) is 5.02 Å². The summed E-state index contributed by atoms with van der Waals surface area (Å²) in [4.78, 5) is 6.84. The highest BCUT2D eigenvalue weighted by molar-refractivity contribution is 7.80. The molecule has 3 heterocycles. The maximum atomic E-state index is 11.0. The van der Waals surface area contributed by atoms with Crippen molar-refractivity contribution in [3.63, 3.8) is 0 Å². The van der Waals surface area contributed by atoms with Gasteiger partial charge < -0.3 is 10.4 Å². The summed E-state index contributed by atoms with van der Waals surface area (Å²) in [6.45, 7) is 2.69. The lowest BCUT2D eigenvalue weighted by Gasteiger charge is -2.27. The lowest BCUT2D eigenvalue weighted by atomic mass is 10.1. The number of likely N-dealkylation sites (tertiary alicyclic amines) is 1. The van der Waals surface area contributed by atoms with E-state index in [1.807, 2.05) is 41.0 Å². The average Bonchev–Trinajstić information content (AvgIpc) is 3.31. The molecule has 2 aromatic carbocycles. The molecule has 1 aliphatic rings. The number of rotatable bonds is 4. The molecule has 0 spiro atoms. The highest BCUT2D eigenvalue weighted by Crippen LogP contribution is 2.39. The van der Waals surface area contributed by atoms with Crippen LogP contribution in [-0.4, -0.2) is 37.8 Å². The number of hydrogen-bond acceptors (Lipinski definition) is 6. The summed E-state index contributed by atoms with van der Waals surface area (Å²) in [5.41, 5.74) is 2.17. The highest BCUT2D eigenvalue weighted by Gasteiger charge is 2.19. The highest BCUT2D eigenvalue weighted by atomic mass is 35.5. The van der Waals surface area contributed by atoms with Gasteiger partial charge in [0.15, 0.2) is 10.8 Å². The number of para-hydroxylation sites is 1. The summed E-state index contributed by atoms with van der Waals surface area (Å²) >= 11 is 12.8. The number of anilines is 1. The molecule has 7 nitrogen and oxygen atoms in total. The molecule has 32 heavy (non-hydrogen) atoms. The van der Waals surface area contributed by atoms with E-state index in [0.29, 0.717) is 22.5 Å². The number of fused-ring (bicyclic) bond motifs is 2. The molecule has 0 radical (unpaired) electrons. The van der Waals surface area contributed by atoms with Gasteiger partial charge in [-0.3, -0.25) is 9.47 Å². The van der Waals surface area contributed by atoms with Gasteiger partial charge in [0.05, 0.1) is 22.4 Å². The van der Waals surface area contributed by atoms with E-state index in [0.717, 1.165) is 34.2 Å². The lowest BCUT2D eigenvalue weighted by molar-refractivity contribution is 0.178. The number of thiazole rings is 1. The molecule has 0 atom stereocenters. The Balaban J connectivity index is 1.38. The van der Waals surface area contributed by atoms with E-state index < -0.39 is 0 Å².